The molecule has 0 spiro atoms. The normalized spacial score (nSPS) is 20.5. The summed E-state index contributed by atoms with van der Waals surface area (Å²) in [6, 6.07) is 1.49. The number of methoxy groups -OCH3 is 1. The maximum Gasteiger partial charge on any atom is 0.334 e. The number of ether oxygens (including phenoxy) is 1. The van der Waals surface area contributed by atoms with Crippen LogP contribution in [0.1, 0.15) is 16.8 Å². The van der Waals surface area contributed by atoms with Crippen molar-refractivity contribution in [1.82, 2.24) is 0 Å². The molecule has 1 atom stereocenters. The van der Waals surface area contributed by atoms with Gasteiger partial charge in [0.05, 0.1) is 7.11 Å². The van der Waals surface area contributed by atoms with Crippen molar-refractivity contribution in [3.63, 3.8) is 0 Å². The fraction of sp³-hybridized carbons (Fsp3) is 0.200. The van der Waals surface area contributed by atoms with Gasteiger partial charge in [-0.25, -0.2) is 4.79 Å². The third kappa shape index (κ3) is 2.61. The Kier molecular flexibility index (Phi) is 4.13. The number of ketones is 1. The summed E-state index contributed by atoms with van der Waals surface area (Å²) in [6.07, 6.45) is 0.130. The lowest BCUT2D eigenvalue weighted by Gasteiger charge is -2.29. The summed E-state index contributed by atoms with van der Waals surface area (Å²) < 4.78 is 4.45. The van der Waals surface area contributed by atoms with Crippen LogP contribution in [0.15, 0.2) is 35.3 Å². The van der Waals surface area contributed by atoms with Crippen molar-refractivity contribution in [2.24, 2.45) is 0 Å². The molecule has 0 aromatic heterocycles. The van der Waals surface area contributed by atoms with Gasteiger partial charge < -0.3 is 35.4 Å². The average Bonchev–Trinajstić information content (AvgIpc) is 2.55. The number of hydrogen-bond acceptors (Lipinski definition) is 9. The third-order valence-electron chi connectivity index (χ3n) is 3.55. The molecule has 24 heavy (non-hydrogen) atoms. The van der Waals surface area contributed by atoms with Crippen LogP contribution in [0.2, 0.25) is 0 Å². The van der Waals surface area contributed by atoms with Crippen molar-refractivity contribution >= 4 is 11.8 Å². The van der Waals surface area contributed by atoms with Gasteiger partial charge in [-0.15, -0.1) is 0 Å². The van der Waals surface area contributed by atoms with Crippen LogP contribution in [0.25, 0.3) is 0 Å². The Morgan fingerprint density at radius 3 is 2.12 bits per heavy atom. The van der Waals surface area contributed by atoms with E-state index in [1.54, 1.807) is 0 Å². The maximum atomic E-state index is 12.5. The van der Waals surface area contributed by atoms with Gasteiger partial charge in [0, 0.05) is 17.6 Å². The molecule has 1 aromatic carbocycles. The molecule has 0 bridgehead atoms. The topological polar surface area (TPSA) is 165 Å². The minimum Gasteiger partial charge on any atom is -0.506 e. The van der Waals surface area contributed by atoms with E-state index in [-0.39, 0.29) is 5.57 Å². The molecule has 0 heterocycles. The number of phenolic OH excluding ortho intramolecular Hbond substituents is 3. The van der Waals surface area contributed by atoms with Gasteiger partial charge in [-0.3, -0.25) is 4.79 Å². The number of aromatic hydroxyl groups is 3. The number of allylic oxidation sites excluding steroid dienone is 1. The van der Waals surface area contributed by atoms with Crippen LogP contribution in [0.4, 0.5) is 0 Å². The first kappa shape index (κ1) is 17.2. The summed E-state index contributed by atoms with van der Waals surface area (Å²) >= 11 is 0. The summed E-state index contributed by atoms with van der Waals surface area (Å²) in [7, 11) is 1.05. The number of Topliss-reactive ketones (excluding diaryl/α,β-unsaturated/α-hetero) is 1. The molecule has 0 aliphatic heterocycles. The predicted octanol–water partition coefficient (Wildman–Crippen LogP) is 0.548. The molecule has 1 unspecified atom stereocenters. The first-order valence-electron chi connectivity index (χ1n) is 6.55. The monoisotopic (exact) mass is 338 g/mol. The highest BCUT2D eigenvalue weighted by Crippen LogP contribution is 2.39. The highest BCUT2D eigenvalue weighted by atomic mass is 16.5. The van der Waals surface area contributed by atoms with Gasteiger partial charge in [-0.2, -0.15) is 0 Å². The number of esters is 1. The van der Waals surface area contributed by atoms with Crippen LogP contribution >= 0.6 is 0 Å². The van der Waals surface area contributed by atoms with E-state index < -0.39 is 58.1 Å². The van der Waals surface area contributed by atoms with Gasteiger partial charge in [-0.05, 0) is 18.2 Å². The van der Waals surface area contributed by atoms with Crippen LogP contribution < -0.4 is 0 Å². The van der Waals surface area contributed by atoms with Gasteiger partial charge in [0.2, 0.25) is 5.78 Å². The number of rotatable bonds is 3. The van der Waals surface area contributed by atoms with Crippen LogP contribution in [-0.2, 0) is 9.53 Å². The summed E-state index contributed by atoms with van der Waals surface area (Å²) in [4.78, 5) is 24.1. The molecule has 6 N–H and O–H groups in total. The van der Waals surface area contributed by atoms with Crippen molar-refractivity contribution in [2.45, 2.75) is 12.0 Å². The zero-order valence-corrected chi connectivity index (χ0v) is 12.3. The van der Waals surface area contributed by atoms with E-state index in [1.807, 2.05) is 0 Å². The molecule has 0 fully saturated rings. The van der Waals surface area contributed by atoms with Crippen molar-refractivity contribution in [3.05, 3.63) is 40.9 Å². The Morgan fingerprint density at radius 1 is 1.08 bits per heavy atom. The van der Waals surface area contributed by atoms with Crippen LogP contribution in [0.5, 0.6) is 17.2 Å². The van der Waals surface area contributed by atoms with E-state index in [1.165, 1.54) is 0 Å². The third-order valence-corrected chi connectivity index (χ3v) is 3.55. The first-order chi connectivity index (χ1) is 11.1. The van der Waals surface area contributed by atoms with E-state index in [0.717, 1.165) is 25.3 Å². The standard InChI is InChI=1S/C15H14O9/c1-24-14(22)7-4-10(18)13(21)15(23,5-7)12(20)6-2-8(16)11(19)9(17)3-6/h2-4,16-19,21,23H,5H2,1H3. The fourth-order valence-corrected chi connectivity index (χ4v) is 2.28. The Morgan fingerprint density at radius 2 is 1.62 bits per heavy atom. The quantitative estimate of drug-likeness (QED) is 0.262. The van der Waals surface area contributed by atoms with E-state index in [9.17, 15) is 40.2 Å². The zero-order valence-electron chi connectivity index (χ0n) is 12.3. The molecule has 9 nitrogen and oxygen atoms in total. The Balaban J connectivity index is 2.52. The molecule has 0 saturated heterocycles. The highest BCUT2D eigenvalue weighted by Gasteiger charge is 2.47. The van der Waals surface area contributed by atoms with Crippen molar-refractivity contribution in [3.8, 4) is 17.2 Å². The lowest BCUT2D eigenvalue weighted by molar-refractivity contribution is -0.136. The summed E-state index contributed by atoms with van der Waals surface area (Å²) in [5, 5.41) is 58.3. The van der Waals surface area contributed by atoms with Gasteiger partial charge in [0.25, 0.3) is 0 Å². The van der Waals surface area contributed by atoms with E-state index in [2.05, 4.69) is 4.74 Å². The number of hydrogen-bond donors (Lipinski definition) is 6. The average molecular weight is 338 g/mol. The zero-order chi connectivity index (χ0) is 18.2. The van der Waals surface area contributed by atoms with Gasteiger partial charge in [0.1, 0.15) is 0 Å². The molecule has 0 radical (unpaired) electrons. The Bertz CT molecular complexity index is 767. The molecule has 2 rings (SSSR count). The fourth-order valence-electron chi connectivity index (χ4n) is 2.28. The van der Waals surface area contributed by atoms with Crippen LogP contribution in [-0.4, -0.2) is 55.1 Å². The summed E-state index contributed by atoms with van der Waals surface area (Å²) in [5.41, 5.74) is -3.48. The number of aliphatic hydroxyl groups is 3. The number of benzene rings is 1. The Hall–Kier alpha value is -3.20. The molecule has 1 aliphatic rings. The van der Waals surface area contributed by atoms with Gasteiger partial charge in [-0.1, -0.05) is 0 Å². The lowest BCUT2D eigenvalue weighted by atomic mass is 9.81. The van der Waals surface area contributed by atoms with Gasteiger partial charge in [0.15, 0.2) is 34.4 Å². The van der Waals surface area contributed by atoms with Crippen molar-refractivity contribution < 1.29 is 45.0 Å². The van der Waals surface area contributed by atoms with E-state index in [4.69, 9.17) is 0 Å². The number of carbonyl (C=O) groups excluding carboxylic acids is 2. The van der Waals surface area contributed by atoms with E-state index in [0.29, 0.717) is 0 Å². The second-order valence-electron chi connectivity index (χ2n) is 5.12. The van der Waals surface area contributed by atoms with Gasteiger partial charge >= 0.3 is 5.97 Å². The summed E-state index contributed by atoms with van der Waals surface area (Å²) in [6.45, 7) is 0. The molecule has 1 aromatic rings. The number of phenols is 3. The van der Waals surface area contributed by atoms with Crippen molar-refractivity contribution in [1.29, 1.82) is 0 Å². The predicted molar refractivity (Wildman–Crippen MR) is 77.7 cm³/mol. The highest BCUT2D eigenvalue weighted by molar-refractivity contribution is 6.06. The maximum absolute atomic E-state index is 12.5. The molecule has 0 saturated carbocycles. The molecular formula is C15H14O9. The number of aliphatic hydroxyl groups excluding tert-OH is 2. The Labute approximate surface area is 135 Å². The molecule has 1 aliphatic carbocycles. The van der Waals surface area contributed by atoms with E-state index >= 15 is 0 Å². The first-order valence-corrected chi connectivity index (χ1v) is 6.55. The smallest absolute Gasteiger partial charge is 0.334 e. The number of carbonyl (C=O) groups is 2. The molecule has 128 valence electrons. The SMILES string of the molecule is COC(=O)C1=CC(O)=C(O)C(O)(C(=O)c2cc(O)c(O)c(O)c2)C1. The van der Waals surface area contributed by atoms with Crippen LogP contribution in [0, 0.1) is 0 Å². The van der Waals surface area contributed by atoms with Crippen molar-refractivity contribution in [2.75, 3.05) is 7.11 Å². The molecular weight excluding hydrogens is 324 g/mol. The second-order valence-corrected chi connectivity index (χ2v) is 5.12. The van der Waals surface area contributed by atoms with Crippen LogP contribution in [0.3, 0.4) is 0 Å². The second kappa shape index (κ2) is 5.78. The molecule has 0 amide bonds. The minimum atomic E-state index is -2.72. The lowest BCUT2D eigenvalue weighted by Crippen LogP contribution is -2.44. The molecule has 9 heteroatoms. The largest absolute Gasteiger partial charge is 0.506 e. The summed E-state index contributed by atoms with van der Waals surface area (Å²) in [5.74, 6) is -6.73. The minimum absolute atomic E-state index is 0.282.